The summed E-state index contributed by atoms with van der Waals surface area (Å²) >= 11 is 0. The maximum Gasteiger partial charge on any atom is 0.311 e. The van der Waals surface area contributed by atoms with E-state index in [2.05, 4.69) is 37.4 Å². The van der Waals surface area contributed by atoms with Gasteiger partial charge in [0.1, 0.15) is 18.0 Å². The van der Waals surface area contributed by atoms with Crippen LogP contribution in [0.25, 0.3) is 11.3 Å². The molecular weight excluding hydrogens is 428 g/mol. The van der Waals surface area contributed by atoms with Gasteiger partial charge in [0, 0.05) is 42.0 Å². The molecule has 1 atom stereocenters. The minimum atomic E-state index is -0.849. The number of unbranched alkanes of at least 4 members (excludes halogenated alkanes) is 4. The third-order valence-corrected chi connectivity index (χ3v) is 6.32. The number of anilines is 1. The average molecular weight is 461 g/mol. The first-order valence-corrected chi connectivity index (χ1v) is 12.2. The number of carbonyl (C=O) groups is 1. The topological polar surface area (TPSA) is 114 Å². The van der Waals surface area contributed by atoms with Crippen molar-refractivity contribution in [2.24, 2.45) is 0 Å². The van der Waals surface area contributed by atoms with Crippen molar-refractivity contribution in [1.29, 1.82) is 0 Å². The van der Waals surface area contributed by atoms with Gasteiger partial charge in [-0.25, -0.2) is 24.9 Å². The van der Waals surface area contributed by atoms with Crippen LogP contribution in [0.3, 0.4) is 0 Å². The Hall–Kier alpha value is -3.42. The lowest BCUT2D eigenvalue weighted by Gasteiger charge is -2.17. The number of carboxylic acids is 1. The van der Waals surface area contributed by atoms with E-state index >= 15 is 0 Å². The lowest BCUT2D eigenvalue weighted by atomic mass is 9.91. The molecule has 8 nitrogen and oxygen atoms in total. The molecule has 0 bridgehead atoms. The summed E-state index contributed by atoms with van der Waals surface area (Å²) in [6.45, 7) is 2.80. The highest BCUT2D eigenvalue weighted by Gasteiger charge is 2.24. The van der Waals surface area contributed by atoms with Crippen molar-refractivity contribution in [2.45, 2.75) is 70.6 Å². The number of nitrogens with one attached hydrogen (secondary N) is 1. The molecule has 0 amide bonds. The quantitative estimate of drug-likeness (QED) is 0.394. The van der Waals surface area contributed by atoms with Crippen LogP contribution in [0.4, 0.5) is 5.82 Å². The number of aliphatic carboxylic acids is 1. The van der Waals surface area contributed by atoms with Crippen molar-refractivity contribution in [3.63, 3.8) is 0 Å². The Morgan fingerprint density at radius 3 is 2.68 bits per heavy atom. The SMILES string of the molecule is Cc1ncc(C(CCCCCCCc2ccc3c(n2)NCCC3)C(=O)O)c(-c2cncnc2)n1. The van der Waals surface area contributed by atoms with Crippen LogP contribution in [0.5, 0.6) is 0 Å². The second-order valence-corrected chi connectivity index (χ2v) is 8.89. The maximum atomic E-state index is 12.1. The summed E-state index contributed by atoms with van der Waals surface area (Å²) < 4.78 is 0. The third-order valence-electron chi connectivity index (χ3n) is 6.32. The average Bonchev–Trinajstić information content (AvgIpc) is 2.86. The minimum absolute atomic E-state index is 0.556. The summed E-state index contributed by atoms with van der Waals surface area (Å²) in [7, 11) is 0. The van der Waals surface area contributed by atoms with Crippen LogP contribution in [-0.4, -0.2) is 42.5 Å². The van der Waals surface area contributed by atoms with Gasteiger partial charge in [0.05, 0.1) is 11.6 Å². The van der Waals surface area contributed by atoms with E-state index in [1.54, 1.807) is 25.5 Å². The summed E-state index contributed by atoms with van der Waals surface area (Å²) in [4.78, 5) is 33.7. The third kappa shape index (κ3) is 6.12. The molecule has 178 valence electrons. The van der Waals surface area contributed by atoms with Gasteiger partial charge >= 0.3 is 5.97 Å². The van der Waals surface area contributed by atoms with Crippen molar-refractivity contribution >= 4 is 11.8 Å². The summed E-state index contributed by atoms with van der Waals surface area (Å²) in [5.41, 5.74) is 4.41. The molecule has 0 radical (unpaired) electrons. The molecule has 0 saturated carbocycles. The molecule has 3 aromatic heterocycles. The molecule has 34 heavy (non-hydrogen) atoms. The van der Waals surface area contributed by atoms with Crippen molar-refractivity contribution in [2.75, 3.05) is 11.9 Å². The summed E-state index contributed by atoms with van der Waals surface area (Å²) in [6.07, 6.45) is 15.4. The van der Waals surface area contributed by atoms with Gasteiger partial charge in [0.2, 0.25) is 0 Å². The highest BCUT2D eigenvalue weighted by molar-refractivity contribution is 5.79. The fraction of sp³-hybridized carbons (Fsp3) is 0.462. The van der Waals surface area contributed by atoms with Crippen molar-refractivity contribution in [1.82, 2.24) is 24.9 Å². The van der Waals surface area contributed by atoms with E-state index in [1.165, 1.54) is 18.3 Å². The number of fused-ring (bicyclic) bond motifs is 1. The largest absolute Gasteiger partial charge is 0.481 e. The van der Waals surface area contributed by atoms with Gasteiger partial charge in [-0.2, -0.15) is 0 Å². The molecule has 4 heterocycles. The molecular formula is C26H32N6O2. The van der Waals surface area contributed by atoms with Gasteiger partial charge in [-0.05, 0) is 50.7 Å². The Labute approximate surface area is 200 Å². The fourth-order valence-corrected chi connectivity index (χ4v) is 4.49. The molecule has 8 heteroatoms. The summed E-state index contributed by atoms with van der Waals surface area (Å²) in [5, 5.41) is 13.3. The van der Waals surface area contributed by atoms with Gasteiger partial charge < -0.3 is 10.4 Å². The number of nitrogens with zero attached hydrogens (tertiary/aromatic N) is 5. The maximum absolute atomic E-state index is 12.1. The Kier molecular flexibility index (Phi) is 8.12. The molecule has 4 rings (SSSR count). The van der Waals surface area contributed by atoms with Crippen LogP contribution in [0.1, 0.15) is 73.5 Å². The molecule has 2 N–H and O–H groups in total. The number of rotatable bonds is 11. The molecule has 0 aliphatic carbocycles. The minimum Gasteiger partial charge on any atom is -0.481 e. The number of aryl methyl sites for hydroxylation is 3. The lowest BCUT2D eigenvalue weighted by Crippen LogP contribution is -2.14. The van der Waals surface area contributed by atoms with Crippen molar-refractivity contribution in [3.8, 4) is 11.3 Å². The standard InChI is InChI=1S/C26H32N6O2/c1-18-30-16-23(24(31-18)20-14-27-17-28-15-20)22(26(33)34)10-6-4-2-3-5-9-21-12-11-19-8-7-13-29-25(19)32-21/h11-12,14-17,22H,2-10,13H2,1H3,(H,29,32)(H,33,34). The van der Waals surface area contributed by atoms with Crippen molar-refractivity contribution < 1.29 is 9.90 Å². The zero-order valence-corrected chi connectivity index (χ0v) is 19.7. The van der Waals surface area contributed by atoms with Gasteiger partial charge in [0.15, 0.2) is 0 Å². The van der Waals surface area contributed by atoms with E-state index in [0.717, 1.165) is 63.0 Å². The molecule has 0 spiro atoms. The van der Waals surface area contributed by atoms with Crippen LogP contribution in [0.15, 0.2) is 37.1 Å². The Morgan fingerprint density at radius 2 is 1.85 bits per heavy atom. The highest BCUT2D eigenvalue weighted by Crippen LogP contribution is 2.30. The Morgan fingerprint density at radius 1 is 1.06 bits per heavy atom. The van der Waals surface area contributed by atoms with E-state index in [1.807, 2.05) is 0 Å². The second-order valence-electron chi connectivity index (χ2n) is 8.89. The van der Waals surface area contributed by atoms with Gasteiger partial charge in [-0.3, -0.25) is 4.79 Å². The lowest BCUT2D eigenvalue weighted by molar-refractivity contribution is -0.139. The van der Waals surface area contributed by atoms with E-state index in [4.69, 9.17) is 4.98 Å². The first-order valence-electron chi connectivity index (χ1n) is 12.2. The molecule has 0 fully saturated rings. The van der Waals surface area contributed by atoms with Gasteiger partial charge in [0.25, 0.3) is 0 Å². The van der Waals surface area contributed by atoms with Crippen molar-refractivity contribution in [3.05, 3.63) is 59.7 Å². The smallest absolute Gasteiger partial charge is 0.311 e. The summed E-state index contributed by atoms with van der Waals surface area (Å²) in [5.74, 6) is 0.154. The zero-order valence-electron chi connectivity index (χ0n) is 19.7. The van der Waals surface area contributed by atoms with E-state index < -0.39 is 11.9 Å². The predicted molar refractivity (Wildman–Crippen MR) is 131 cm³/mol. The normalized spacial score (nSPS) is 13.7. The number of pyridine rings is 1. The predicted octanol–water partition coefficient (Wildman–Crippen LogP) is 4.75. The molecule has 1 unspecified atom stereocenters. The van der Waals surface area contributed by atoms with Crippen LogP contribution >= 0.6 is 0 Å². The number of carboxylic acid groups (broad SMARTS) is 1. The number of hydrogen-bond acceptors (Lipinski definition) is 7. The highest BCUT2D eigenvalue weighted by atomic mass is 16.4. The number of aromatic nitrogens is 5. The first-order chi connectivity index (χ1) is 16.6. The van der Waals surface area contributed by atoms with E-state index in [9.17, 15) is 9.90 Å². The monoisotopic (exact) mass is 460 g/mol. The molecule has 3 aromatic rings. The first kappa shape index (κ1) is 23.7. The van der Waals surface area contributed by atoms with Crippen LogP contribution in [-0.2, 0) is 17.6 Å². The van der Waals surface area contributed by atoms with Crippen LogP contribution < -0.4 is 5.32 Å². The summed E-state index contributed by atoms with van der Waals surface area (Å²) in [6, 6.07) is 4.36. The molecule has 1 aliphatic rings. The van der Waals surface area contributed by atoms with Gasteiger partial charge in [-0.15, -0.1) is 0 Å². The van der Waals surface area contributed by atoms with E-state index in [-0.39, 0.29) is 0 Å². The van der Waals surface area contributed by atoms with E-state index in [0.29, 0.717) is 29.1 Å². The fourth-order valence-electron chi connectivity index (χ4n) is 4.49. The molecule has 0 saturated heterocycles. The second kappa shape index (κ2) is 11.6. The number of hydrogen-bond donors (Lipinski definition) is 2. The van der Waals surface area contributed by atoms with Crippen LogP contribution in [0.2, 0.25) is 0 Å². The molecule has 1 aliphatic heterocycles. The Balaban J connectivity index is 1.26. The Bertz CT molecular complexity index is 1110. The van der Waals surface area contributed by atoms with Gasteiger partial charge in [-0.1, -0.05) is 31.7 Å². The molecule has 0 aromatic carbocycles. The van der Waals surface area contributed by atoms with Crippen LogP contribution in [0, 0.1) is 6.92 Å². The zero-order chi connectivity index (χ0) is 23.8.